The third-order valence-corrected chi connectivity index (χ3v) is 6.83. The zero-order valence-corrected chi connectivity index (χ0v) is 22.0. The lowest BCUT2D eigenvalue weighted by atomic mass is 9.85. The average molecular weight is 527 g/mol. The van der Waals surface area contributed by atoms with Crippen LogP contribution in [0.2, 0.25) is 0 Å². The van der Waals surface area contributed by atoms with Crippen molar-refractivity contribution in [2.45, 2.75) is 33.4 Å². The van der Waals surface area contributed by atoms with E-state index in [0.29, 0.717) is 23.4 Å². The minimum Gasteiger partial charge on any atom is -0.478 e. The largest absolute Gasteiger partial charge is 0.478 e. The Labute approximate surface area is 226 Å². The number of carboxylic acids is 1. The van der Waals surface area contributed by atoms with Crippen LogP contribution in [0.3, 0.4) is 0 Å². The summed E-state index contributed by atoms with van der Waals surface area (Å²) in [4.78, 5) is 57.5. The third-order valence-electron chi connectivity index (χ3n) is 6.83. The molecule has 200 valence electrons. The first-order chi connectivity index (χ1) is 18.6. The number of aromatic carboxylic acids is 1. The second kappa shape index (κ2) is 11.3. The van der Waals surface area contributed by atoms with Gasteiger partial charge in [0.15, 0.2) is 5.78 Å². The van der Waals surface area contributed by atoms with E-state index < -0.39 is 29.5 Å². The van der Waals surface area contributed by atoms with Gasteiger partial charge in [-0.1, -0.05) is 75.4 Å². The number of ketones is 1. The van der Waals surface area contributed by atoms with Gasteiger partial charge in [-0.3, -0.25) is 9.59 Å². The van der Waals surface area contributed by atoms with Gasteiger partial charge in [-0.2, -0.15) is 0 Å². The molecule has 3 amide bonds. The number of benzodiazepines with no additional fused rings is 1. The van der Waals surface area contributed by atoms with Crippen LogP contribution in [-0.2, 0) is 9.59 Å². The molecule has 39 heavy (non-hydrogen) atoms. The first kappa shape index (κ1) is 27.3. The summed E-state index contributed by atoms with van der Waals surface area (Å²) in [7, 11) is 0. The lowest BCUT2D eigenvalue weighted by Crippen LogP contribution is -2.51. The summed E-state index contributed by atoms with van der Waals surface area (Å²) in [5, 5.41) is 14.4. The minimum atomic E-state index is -1.35. The molecule has 9 nitrogen and oxygen atoms in total. The monoisotopic (exact) mass is 526 g/mol. The molecule has 1 aliphatic heterocycles. The zero-order chi connectivity index (χ0) is 28.2. The van der Waals surface area contributed by atoms with E-state index in [2.05, 4.69) is 15.6 Å². The Kier molecular flexibility index (Phi) is 7.90. The van der Waals surface area contributed by atoms with E-state index in [1.165, 1.54) is 29.2 Å². The van der Waals surface area contributed by atoms with Crippen molar-refractivity contribution in [1.29, 1.82) is 0 Å². The van der Waals surface area contributed by atoms with Gasteiger partial charge in [0.1, 0.15) is 0 Å². The van der Waals surface area contributed by atoms with Crippen molar-refractivity contribution in [2.75, 3.05) is 16.8 Å². The highest BCUT2D eigenvalue weighted by atomic mass is 16.4. The van der Waals surface area contributed by atoms with Crippen molar-refractivity contribution in [1.82, 2.24) is 5.32 Å². The van der Waals surface area contributed by atoms with Crippen molar-refractivity contribution < 1.29 is 24.3 Å². The topological polar surface area (TPSA) is 128 Å². The van der Waals surface area contributed by atoms with E-state index in [-0.39, 0.29) is 23.6 Å². The summed E-state index contributed by atoms with van der Waals surface area (Å²) in [6.45, 7) is 5.41. The van der Waals surface area contributed by atoms with E-state index >= 15 is 0 Å². The third kappa shape index (κ3) is 6.04. The number of carboxylic acid groups (broad SMARTS) is 1. The number of amides is 3. The van der Waals surface area contributed by atoms with Crippen molar-refractivity contribution in [3.05, 3.63) is 95.6 Å². The Morgan fingerprint density at radius 3 is 2.36 bits per heavy atom. The van der Waals surface area contributed by atoms with Crippen LogP contribution in [0, 0.1) is 5.41 Å². The van der Waals surface area contributed by atoms with Crippen LogP contribution in [0.25, 0.3) is 0 Å². The second-order valence-electron chi connectivity index (χ2n) is 9.83. The number of para-hydroxylation sites is 1. The average Bonchev–Trinajstić information content (AvgIpc) is 3.04. The van der Waals surface area contributed by atoms with Gasteiger partial charge in [0, 0.05) is 22.2 Å². The Balaban J connectivity index is 1.74. The number of aliphatic imine (C=N–C) groups is 1. The lowest BCUT2D eigenvalue weighted by Gasteiger charge is -2.29. The van der Waals surface area contributed by atoms with Crippen LogP contribution in [0.5, 0.6) is 0 Å². The molecule has 0 radical (unpaired) electrons. The van der Waals surface area contributed by atoms with Crippen molar-refractivity contribution in [3.63, 3.8) is 0 Å². The highest BCUT2D eigenvalue weighted by Crippen LogP contribution is 2.30. The van der Waals surface area contributed by atoms with E-state index in [1.807, 2.05) is 63.2 Å². The fraction of sp³-hybridized carbons (Fsp3) is 0.233. The summed E-state index contributed by atoms with van der Waals surface area (Å²) in [6, 6.07) is 21.5. The first-order valence-corrected chi connectivity index (χ1v) is 12.6. The molecular weight excluding hydrogens is 496 g/mol. The van der Waals surface area contributed by atoms with E-state index in [4.69, 9.17) is 0 Å². The number of benzene rings is 3. The van der Waals surface area contributed by atoms with E-state index in [9.17, 15) is 24.3 Å². The fourth-order valence-electron chi connectivity index (χ4n) is 4.09. The summed E-state index contributed by atoms with van der Waals surface area (Å²) < 4.78 is 0. The second-order valence-corrected chi connectivity index (χ2v) is 9.83. The highest BCUT2D eigenvalue weighted by molar-refractivity contribution is 6.21. The number of hydrogen-bond acceptors (Lipinski definition) is 5. The predicted octanol–water partition coefficient (Wildman–Crippen LogP) is 4.72. The molecule has 0 fully saturated rings. The molecule has 0 aliphatic carbocycles. The Morgan fingerprint density at radius 1 is 0.974 bits per heavy atom. The molecule has 3 aromatic rings. The number of rotatable bonds is 8. The number of carbonyl (C=O) groups is 4. The minimum absolute atomic E-state index is 0.00130. The number of nitrogens with one attached hydrogen (secondary N) is 2. The van der Waals surface area contributed by atoms with Crippen molar-refractivity contribution >= 4 is 40.8 Å². The molecule has 1 heterocycles. The smallest absolute Gasteiger partial charge is 0.335 e. The molecule has 0 unspecified atom stereocenters. The molecular formula is C30H30N4O5. The number of carbonyl (C=O) groups excluding carboxylic acids is 3. The Hall–Kier alpha value is -4.79. The van der Waals surface area contributed by atoms with Gasteiger partial charge in [-0.25, -0.2) is 14.6 Å². The van der Waals surface area contributed by atoms with Crippen molar-refractivity contribution in [3.8, 4) is 0 Å². The first-order valence-electron chi connectivity index (χ1n) is 12.6. The number of Topliss-reactive ketones (excluding diaryl/α,β-unsaturated/α-hetero) is 1. The van der Waals surface area contributed by atoms with E-state index in [0.717, 1.165) is 5.56 Å². The number of nitrogens with zero attached hydrogens (tertiary/aromatic N) is 2. The van der Waals surface area contributed by atoms with Gasteiger partial charge < -0.3 is 20.6 Å². The summed E-state index contributed by atoms with van der Waals surface area (Å²) in [6.07, 6.45) is -0.756. The molecule has 1 atom stereocenters. The molecule has 0 aromatic heterocycles. The predicted molar refractivity (Wildman–Crippen MR) is 149 cm³/mol. The van der Waals surface area contributed by atoms with Crippen LogP contribution in [0.1, 0.15) is 48.7 Å². The zero-order valence-electron chi connectivity index (χ0n) is 22.0. The molecule has 3 aromatic carbocycles. The standard InChI is InChI=1S/C30H30N4O5/c1-4-30(2,3)24(35)18-34-23-16-9-8-15-22(23)25(19-11-6-5-7-12-19)32-26(27(34)36)33-29(39)31-21-14-10-13-20(17-21)28(37)38/h5-17,26H,4,18H2,1-3H3,(H,37,38)(H2,31,33,39)/t26-/m0/s1. The summed E-state index contributed by atoms with van der Waals surface area (Å²) in [5.74, 6) is -1.82. The SMILES string of the molecule is CCC(C)(C)C(=O)CN1C(=O)[C@H](NC(=O)Nc2cccc(C(=O)O)c2)N=C(c2ccccc2)c2ccccc21. The number of anilines is 2. The molecule has 1 aliphatic rings. The molecule has 4 rings (SSSR count). The molecule has 0 saturated heterocycles. The lowest BCUT2D eigenvalue weighted by molar-refractivity contribution is -0.128. The quantitative estimate of drug-likeness (QED) is 0.391. The summed E-state index contributed by atoms with van der Waals surface area (Å²) >= 11 is 0. The Morgan fingerprint density at radius 2 is 1.67 bits per heavy atom. The van der Waals surface area contributed by atoms with Gasteiger partial charge in [0.05, 0.1) is 23.5 Å². The fourth-order valence-corrected chi connectivity index (χ4v) is 4.09. The molecule has 0 spiro atoms. The number of hydrogen-bond donors (Lipinski definition) is 3. The summed E-state index contributed by atoms with van der Waals surface area (Å²) in [5.41, 5.74) is 1.98. The normalized spacial score (nSPS) is 15.1. The van der Waals surface area contributed by atoms with Crippen LogP contribution in [-0.4, -0.2) is 47.2 Å². The molecule has 9 heteroatoms. The van der Waals surface area contributed by atoms with Gasteiger partial charge in [0.2, 0.25) is 6.17 Å². The van der Waals surface area contributed by atoms with Crippen LogP contribution < -0.4 is 15.5 Å². The molecule has 3 N–H and O–H groups in total. The molecule has 0 bridgehead atoms. The van der Waals surface area contributed by atoms with Gasteiger partial charge in [-0.15, -0.1) is 0 Å². The highest BCUT2D eigenvalue weighted by Gasteiger charge is 2.36. The van der Waals surface area contributed by atoms with Crippen molar-refractivity contribution in [2.24, 2.45) is 10.4 Å². The maximum Gasteiger partial charge on any atom is 0.335 e. The number of urea groups is 1. The Bertz CT molecular complexity index is 1450. The van der Waals surface area contributed by atoms with Gasteiger partial charge in [-0.05, 0) is 30.7 Å². The van der Waals surface area contributed by atoms with E-state index in [1.54, 1.807) is 12.1 Å². The number of fused-ring (bicyclic) bond motifs is 1. The van der Waals surface area contributed by atoms with Gasteiger partial charge >= 0.3 is 12.0 Å². The maximum absolute atomic E-state index is 13.9. The van der Waals surface area contributed by atoms with Gasteiger partial charge in [0.25, 0.3) is 5.91 Å². The van der Waals surface area contributed by atoms with Crippen LogP contribution in [0.4, 0.5) is 16.2 Å². The van der Waals surface area contributed by atoms with Crippen LogP contribution in [0.15, 0.2) is 83.9 Å². The van der Waals surface area contributed by atoms with Crippen LogP contribution >= 0.6 is 0 Å². The maximum atomic E-state index is 13.9. The molecule has 0 saturated carbocycles.